The Balaban J connectivity index is 1.89. The minimum absolute atomic E-state index is 0.193. The van der Waals surface area contributed by atoms with Gasteiger partial charge in [-0.1, -0.05) is 33.1 Å². The maximum Gasteiger partial charge on any atom is 0.321 e. The summed E-state index contributed by atoms with van der Waals surface area (Å²) in [5.41, 5.74) is -0.602. The predicted molar refractivity (Wildman–Crippen MR) is 83.2 cm³/mol. The Hall–Kier alpha value is -1.92. The summed E-state index contributed by atoms with van der Waals surface area (Å²) in [5.74, 6) is -0.931. The molecule has 0 radical (unpaired) electrons. The Morgan fingerprint density at radius 2 is 1.83 bits per heavy atom. The van der Waals surface area contributed by atoms with Gasteiger partial charge in [0.1, 0.15) is 6.54 Å². The van der Waals surface area contributed by atoms with Crippen LogP contribution in [0.4, 0.5) is 4.79 Å². The molecule has 5 amide bonds. The average Bonchev–Trinajstić information content (AvgIpc) is 2.70. The number of nitrogens with zero attached hydrogens (tertiary/aromatic N) is 1. The summed E-state index contributed by atoms with van der Waals surface area (Å²) < 4.78 is 0. The summed E-state index contributed by atoms with van der Waals surface area (Å²) in [6, 6.07) is -0.602. The van der Waals surface area contributed by atoms with Crippen LogP contribution in [0.3, 0.4) is 0 Å². The Morgan fingerprint density at radius 3 is 2.43 bits per heavy atom. The number of likely N-dealkylation sites (tertiary alicyclic amines) is 1. The number of rotatable bonds is 4. The molecule has 128 valence electrons. The second-order valence-corrected chi connectivity index (χ2v) is 6.95. The number of urea groups is 1. The van der Waals surface area contributed by atoms with Crippen LogP contribution < -0.4 is 10.6 Å². The number of amides is 5. The number of imide groups is 2. The van der Waals surface area contributed by atoms with Crippen molar-refractivity contribution in [2.75, 3.05) is 13.1 Å². The van der Waals surface area contributed by atoms with Crippen molar-refractivity contribution in [3.8, 4) is 0 Å². The zero-order chi connectivity index (χ0) is 17.0. The Morgan fingerprint density at radius 1 is 1.17 bits per heavy atom. The Kier molecular flexibility index (Phi) is 5.38. The molecule has 1 spiro atoms. The highest BCUT2D eigenvalue weighted by Crippen LogP contribution is 2.45. The number of nitrogens with one attached hydrogen (secondary N) is 2. The van der Waals surface area contributed by atoms with E-state index in [4.69, 9.17) is 0 Å². The topological polar surface area (TPSA) is 95.6 Å². The minimum Gasteiger partial charge on any atom is -0.338 e. The summed E-state index contributed by atoms with van der Waals surface area (Å²) >= 11 is 0. The molecule has 2 fully saturated rings. The number of hydrogen-bond donors (Lipinski definition) is 2. The predicted octanol–water partition coefficient (Wildman–Crippen LogP) is 1.18. The molecule has 1 aliphatic carbocycles. The van der Waals surface area contributed by atoms with Crippen molar-refractivity contribution in [2.45, 2.75) is 52.4 Å². The monoisotopic (exact) mass is 323 g/mol. The first-order valence-corrected chi connectivity index (χ1v) is 8.26. The second-order valence-electron chi connectivity index (χ2n) is 6.95. The van der Waals surface area contributed by atoms with Gasteiger partial charge in [-0.25, -0.2) is 4.79 Å². The summed E-state index contributed by atoms with van der Waals surface area (Å²) in [5, 5.41) is 4.72. The van der Waals surface area contributed by atoms with Crippen LogP contribution in [0.5, 0.6) is 0 Å². The molecular formula is C16H25N3O4. The van der Waals surface area contributed by atoms with Crippen molar-refractivity contribution in [2.24, 2.45) is 11.3 Å². The molecule has 0 aromatic heterocycles. The molecule has 0 bridgehead atoms. The molecule has 1 saturated carbocycles. The molecule has 0 unspecified atom stereocenters. The molecule has 2 N–H and O–H groups in total. The molecular weight excluding hydrogens is 298 g/mol. The zero-order valence-corrected chi connectivity index (χ0v) is 13.8. The SMILES string of the molecule is CC(C)CNC(=O)NC(=O)CN1C(=O)CC2(CCCCC2)C1=O. The molecule has 23 heavy (non-hydrogen) atoms. The first-order valence-electron chi connectivity index (χ1n) is 8.26. The van der Waals surface area contributed by atoms with Crippen LogP contribution in [-0.2, 0) is 14.4 Å². The lowest BCUT2D eigenvalue weighted by Crippen LogP contribution is -2.47. The molecule has 1 heterocycles. The van der Waals surface area contributed by atoms with Crippen molar-refractivity contribution < 1.29 is 19.2 Å². The lowest BCUT2D eigenvalue weighted by molar-refractivity contribution is -0.145. The molecule has 1 aliphatic heterocycles. The van der Waals surface area contributed by atoms with E-state index in [9.17, 15) is 19.2 Å². The Bertz CT molecular complexity index is 509. The van der Waals surface area contributed by atoms with Crippen molar-refractivity contribution in [3.05, 3.63) is 0 Å². The zero-order valence-electron chi connectivity index (χ0n) is 13.8. The van der Waals surface area contributed by atoms with E-state index >= 15 is 0 Å². The van der Waals surface area contributed by atoms with Crippen LogP contribution in [-0.4, -0.2) is 41.7 Å². The van der Waals surface area contributed by atoms with Gasteiger partial charge in [0.05, 0.1) is 5.41 Å². The van der Waals surface area contributed by atoms with Crippen molar-refractivity contribution in [3.63, 3.8) is 0 Å². The van der Waals surface area contributed by atoms with E-state index in [-0.39, 0.29) is 30.7 Å². The van der Waals surface area contributed by atoms with Crippen LogP contribution in [0.1, 0.15) is 52.4 Å². The third-order valence-corrected chi connectivity index (χ3v) is 4.53. The van der Waals surface area contributed by atoms with Gasteiger partial charge in [0.2, 0.25) is 17.7 Å². The van der Waals surface area contributed by atoms with E-state index < -0.39 is 17.4 Å². The quantitative estimate of drug-likeness (QED) is 0.759. The highest BCUT2D eigenvalue weighted by Gasteiger charge is 2.51. The standard InChI is InChI=1S/C16H25N3O4/c1-11(2)9-17-15(23)18-12(20)10-19-13(21)8-16(14(19)22)6-4-3-5-7-16/h11H,3-10H2,1-2H3,(H2,17,18,20,23). The average molecular weight is 323 g/mol. The summed E-state index contributed by atoms with van der Waals surface area (Å²) in [6.07, 6.45) is 4.58. The van der Waals surface area contributed by atoms with Gasteiger partial charge in [-0.3, -0.25) is 24.6 Å². The normalized spacial score (nSPS) is 20.2. The largest absolute Gasteiger partial charge is 0.338 e. The molecule has 0 aromatic carbocycles. The van der Waals surface area contributed by atoms with Crippen LogP contribution in [0, 0.1) is 11.3 Å². The van der Waals surface area contributed by atoms with Gasteiger partial charge in [-0.2, -0.15) is 0 Å². The Labute approximate surface area is 136 Å². The van der Waals surface area contributed by atoms with Gasteiger partial charge in [-0.05, 0) is 18.8 Å². The maximum atomic E-state index is 12.6. The maximum absolute atomic E-state index is 12.6. The highest BCUT2D eigenvalue weighted by atomic mass is 16.2. The minimum atomic E-state index is -0.638. The van der Waals surface area contributed by atoms with E-state index in [1.165, 1.54) is 0 Å². The van der Waals surface area contributed by atoms with E-state index in [1.807, 2.05) is 13.8 Å². The van der Waals surface area contributed by atoms with E-state index in [1.54, 1.807) is 0 Å². The lowest BCUT2D eigenvalue weighted by Gasteiger charge is -2.30. The number of hydrogen-bond acceptors (Lipinski definition) is 4. The number of carbonyl (C=O) groups excluding carboxylic acids is 4. The first kappa shape index (κ1) is 17.4. The highest BCUT2D eigenvalue weighted by molar-refractivity contribution is 6.09. The molecule has 2 rings (SSSR count). The molecule has 1 saturated heterocycles. The molecule has 0 atom stereocenters. The van der Waals surface area contributed by atoms with Gasteiger partial charge < -0.3 is 5.32 Å². The molecule has 2 aliphatic rings. The van der Waals surface area contributed by atoms with Crippen molar-refractivity contribution in [1.29, 1.82) is 0 Å². The van der Waals surface area contributed by atoms with Gasteiger partial charge in [0.25, 0.3) is 0 Å². The summed E-state index contributed by atoms with van der Waals surface area (Å²) in [7, 11) is 0. The third-order valence-electron chi connectivity index (χ3n) is 4.53. The van der Waals surface area contributed by atoms with E-state index in [2.05, 4.69) is 10.6 Å². The van der Waals surface area contributed by atoms with Crippen molar-refractivity contribution in [1.82, 2.24) is 15.5 Å². The van der Waals surface area contributed by atoms with E-state index in [0.29, 0.717) is 19.4 Å². The fourth-order valence-corrected chi connectivity index (χ4v) is 3.29. The van der Waals surface area contributed by atoms with Crippen LogP contribution in [0.2, 0.25) is 0 Å². The smallest absolute Gasteiger partial charge is 0.321 e. The third kappa shape index (κ3) is 4.09. The van der Waals surface area contributed by atoms with Crippen molar-refractivity contribution >= 4 is 23.8 Å². The fourth-order valence-electron chi connectivity index (χ4n) is 3.29. The van der Waals surface area contributed by atoms with Crippen LogP contribution in [0.15, 0.2) is 0 Å². The van der Waals surface area contributed by atoms with E-state index in [0.717, 1.165) is 24.2 Å². The molecule has 0 aromatic rings. The van der Waals surface area contributed by atoms with Gasteiger partial charge in [-0.15, -0.1) is 0 Å². The fraction of sp³-hybridized carbons (Fsp3) is 0.750. The lowest BCUT2D eigenvalue weighted by atomic mass is 9.73. The van der Waals surface area contributed by atoms with Crippen LogP contribution in [0.25, 0.3) is 0 Å². The van der Waals surface area contributed by atoms with Gasteiger partial charge in [0.15, 0.2) is 0 Å². The van der Waals surface area contributed by atoms with Gasteiger partial charge >= 0.3 is 6.03 Å². The second kappa shape index (κ2) is 7.10. The summed E-state index contributed by atoms with van der Waals surface area (Å²) in [6.45, 7) is 3.94. The molecule has 7 nitrogen and oxygen atoms in total. The van der Waals surface area contributed by atoms with Crippen LogP contribution >= 0.6 is 0 Å². The molecule has 7 heteroatoms. The summed E-state index contributed by atoms with van der Waals surface area (Å²) in [4.78, 5) is 49.1. The first-order chi connectivity index (χ1) is 10.8. The van der Waals surface area contributed by atoms with Gasteiger partial charge in [0, 0.05) is 13.0 Å². The number of carbonyl (C=O) groups is 4.